The molecular weight excluding hydrogens is 329 g/mol. The van der Waals surface area contributed by atoms with Crippen molar-refractivity contribution < 1.29 is 23.7 Å². The molecule has 7 nitrogen and oxygen atoms in total. The van der Waals surface area contributed by atoms with Crippen molar-refractivity contribution in [3.05, 3.63) is 64.0 Å². The number of hydrogen-bond acceptors (Lipinski definition) is 4. The topological polar surface area (TPSA) is 85.9 Å². The Bertz CT molecular complexity index is 765. The number of ether oxygens (including phenoxy) is 1. The maximum atomic E-state index is 12.9. The van der Waals surface area contributed by atoms with Crippen LogP contribution < -0.4 is 15.0 Å². The Balaban J connectivity index is 1.97. The summed E-state index contributed by atoms with van der Waals surface area (Å²) >= 11 is 0. The largest absolute Gasteiger partial charge is 0.494 e. The summed E-state index contributed by atoms with van der Waals surface area (Å²) in [5.41, 5.74) is 1.17. The number of amides is 1. The summed E-state index contributed by atoms with van der Waals surface area (Å²) in [5.74, 6) is -0.338. The first-order valence-corrected chi connectivity index (χ1v) is 7.57. The van der Waals surface area contributed by atoms with E-state index in [4.69, 9.17) is 4.74 Å². The molecule has 0 saturated carbocycles. The van der Waals surface area contributed by atoms with Crippen molar-refractivity contribution >= 4 is 17.3 Å². The molecule has 25 heavy (non-hydrogen) atoms. The van der Waals surface area contributed by atoms with Crippen LogP contribution in [-0.4, -0.2) is 31.5 Å². The number of nitrogens with zero attached hydrogens (tertiary/aromatic N) is 1. The molecule has 0 fully saturated rings. The zero-order chi connectivity index (χ0) is 18.4. The van der Waals surface area contributed by atoms with Crippen LogP contribution in [0.1, 0.15) is 5.56 Å². The number of methoxy groups -OCH3 is 1. The molecule has 0 radical (unpaired) electrons. The van der Waals surface area contributed by atoms with Gasteiger partial charge in [-0.2, -0.15) is 0 Å². The quantitative estimate of drug-likeness (QED) is 0.585. The Labute approximate surface area is 144 Å². The third-order valence-corrected chi connectivity index (χ3v) is 3.55. The van der Waals surface area contributed by atoms with Crippen LogP contribution in [-0.2, 0) is 11.3 Å². The second kappa shape index (κ2) is 8.20. The second-order valence-corrected chi connectivity index (χ2v) is 5.63. The summed E-state index contributed by atoms with van der Waals surface area (Å²) in [6.45, 7) is 0.739. The molecule has 132 valence electrons. The molecule has 0 bridgehead atoms. The van der Waals surface area contributed by atoms with E-state index in [1.807, 2.05) is 7.05 Å². The molecule has 2 rings (SSSR count). The predicted molar refractivity (Wildman–Crippen MR) is 90.1 cm³/mol. The van der Waals surface area contributed by atoms with Gasteiger partial charge < -0.3 is 15.0 Å². The fourth-order valence-electron chi connectivity index (χ4n) is 2.38. The maximum absolute atomic E-state index is 12.9. The summed E-state index contributed by atoms with van der Waals surface area (Å²) in [6.07, 6.45) is 0. The molecule has 0 aliphatic heterocycles. The summed E-state index contributed by atoms with van der Waals surface area (Å²) in [6, 6.07) is 10.1. The van der Waals surface area contributed by atoms with Gasteiger partial charge in [-0.25, -0.2) is 4.39 Å². The number of anilines is 1. The van der Waals surface area contributed by atoms with Gasteiger partial charge in [0, 0.05) is 11.6 Å². The molecule has 2 aromatic rings. The number of benzene rings is 2. The van der Waals surface area contributed by atoms with Crippen LogP contribution in [0.15, 0.2) is 42.5 Å². The van der Waals surface area contributed by atoms with Gasteiger partial charge in [0.15, 0.2) is 6.54 Å². The summed E-state index contributed by atoms with van der Waals surface area (Å²) in [4.78, 5) is 23.3. The molecule has 0 saturated heterocycles. The van der Waals surface area contributed by atoms with E-state index in [0.717, 1.165) is 10.5 Å². The van der Waals surface area contributed by atoms with E-state index in [9.17, 15) is 19.3 Å². The summed E-state index contributed by atoms with van der Waals surface area (Å²) in [7, 11) is 3.22. The van der Waals surface area contributed by atoms with E-state index >= 15 is 0 Å². The number of nitrogens with one attached hydrogen (secondary N) is 2. The first-order valence-electron chi connectivity index (χ1n) is 7.57. The van der Waals surface area contributed by atoms with Crippen molar-refractivity contribution in [3.63, 3.8) is 0 Å². The van der Waals surface area contributed by atoms with Gasteiger partial charge in [0.05, 0.1) is 30.8 Å². The number of rotatable bonds is 7. The van der Waals surface area contributed by atoms with Gasteiger partial charge in [0.25, 0.3) is 11.6 Å². The maximum Gasteiger partial charge on any atom is 0.279 e. The number of halogens is 1. The van der Waals surface area contributed by atoms with Crippen molar-refractivity contribution in [2.24, 2.45) is 0 Å². The number of nitro benzene ring substituents is 1. The minimum atomic E-state index is -0.533. The molecular formula is C17H19FN3O4+. The number of likely N-dealkylation sites (N-methyl/N-ethyl adjacent to an activating group) is 1. The normalized spacial score (nSPS) is 11.6. The SMILES string of the molecule is COc1cc([N+](=O)[O-])ccc1NC(=O)C[NH+](C)Cc1ccc(F)cc1. The molecule has 8 heteroatoms. The molecule has 0 aliphatic rings. The summed E-state index contributed by atoms with van der Waals surface area (Å²) in [5, 5.41) is 13.5. The Hall–Kier alpha value is -3.00. The first-order chi connectivity index (χ1) is 11.9. The Morgan fingerprint density at radius 3 is 2.56 bits per heavy atom. The zero-order valence-electron chi connectivity index (χ0n) is 13.9. The van der Waals surface area contributed by atoms with E-state index < -0.39 is 4.92 Å². The smallest absolute Gasteiger partial charge is 0.279 e. The Kier molecular flexibility index (Phi) is 6.02. The average Bonchev–Trinajstić information content (AvgIpc) is 2.56. The van der Waals surface area contributed by atoms with Crippen molar-refractivity contribution in [3.8, 4) is 5.75 Å². The van der Waals surface area contributed by atoms with Gasteiger partial charge in [-0.1, -0.05) is 12.1 Å². The highest BCUT2D eigenvalue weighted by molar-refractivity contribution is 5.93. The minimum absolute atomic E-state index is 0.117. The second-order valence-electron chi connectivity index (χ2n) is 5.63. The zero-order valence-corrected chi connectivity index (χ0v) is 13.9. The van der Waals surface area contributed by atoms with Crippen LogP contribution in [0.2, 0.25) is 0 Å². The molecule has 0 spiro atoms. The van der Waals surface area contributed by atoms with Crippen LogP contribution in [0.25, 0.3) is 0 Å². The van der Waals surface area contributed by atoms with Crippen LogP contribution in [0.4, 0.5) is 15.8 Å². The highest BCUT2D eigenvalue weighted by Crippen LogP contribution is 2.28. The lowest BCUT2D eigenvalue weighted by Crippen LogP contribution is -3.08. The lowest BCUT2D eigenvalue weighted by Gasteiger charge is -2.15. The van der Waals surface area contributed by atoms with Crippen LogP contribution >= 0.6 is 0 Å². The van der Waals surface area contributed by atoms with Crippen molar-refractivity contribution in [2.75, 3.05) is 26.0 Å². The van der Waals surface area contributed by atoms with Crippen LogP contribution in [0.5, 0.6) is 5.75 Å². The molecule has 1 atom stereocenters. The van der Waals surface area contributed by atoms with E-state index in [1.54, 1.807) is 12.1 Å². The van der Waals surface area contributed by atoms with Gasteiger partial charge in [-0.05, 0) is 18.2 Å². The average molecular weight is 348 g/mol. The molecule has 0 aromatic heterocycles. The standard InChI is InChI=1S/C17H18FN3O4/c1-20(10-12-3-5-13(18)6-4-12)11-17(22)19-15-8-7-14(21(23)24)9-16(15)25-2/h3-9H,10-11H2,1-2H3,(H,19,22)/p+1. The molecule has 0 heterocycles. The first kappa shape index (κ1) is 18.3. The number of carbonyl (C=O) groups is 1. The van der Waals surface area contributed by atoms with E-state index in [1.165, 1.54) is 37.4 Å². The highest BCUT2D eigenvalue weighted by Gasteiger charge is 2.16. The molecule has 2 aromatic carbocycles. The Morgan fingerprint density at radius 1 is 1.28 bits per heavy atom. The number of nitro groups is 1. The van der Waals surface area contributed by atoms with Gasteiger partial charge in [0.1, 0.15) is 18.1 Å². The van der Waals surface area contributed by atoms with Crippen LogP contribution in [0.3, 0.4) is 0 Å². The lowest BCUT2D eigenvalue weighted by atomic mass is 10.2. The van der Waals surface area contributed by atoms with Crippen molar-refractivity contribution in [1.82, 2.24) is 0 Å². The highest BCUT2D eigenvalue weighted by atomic mass is 19.1. The predicted octanol–water partition coefficient (Wildman–Crippen LogP) is 1.40. The number of non-ortho nitro benzene ring substituents is 1. The fourth-order valence-corrected chi connectivity index (χ4v) is 2.38. The van der Waals surface area contributed by atoms with Crippen molar-refractivity contribution in [1.29, 1.82) is 0 Å². The van der Waals surface area contributed by atoms with E-state index in [-0.39, 0.29) is 29.7 Å². The molecule has 1 unspecified atom stereocenters. The van der Waals surface area contributed by atoms with Gasteiger partial charge in [0.2, 0.25) is 0 Å². The van der Waals surface area contributed by atoms with E-state index in [0.29, 0.717) is 12.2 Å². The minimum Gasteiger partial charge on any atom is -0.494 e. The monoisotopic (exact) mass is 348 g/mol. The number of quaternary nitrogens is 1. The van der Waals surface area contributed by atoms with Gasteiger partial charge >= 0.3 is 0 Å². The molecule has 1 amide bonds. The third kappa shape index (κ3) is 5.25. The lowest BCUT2D eigenvalue weighted by molar-refractivity contribution is -0.885. The van der Waals surface area contributed by atoms with Gasteiger partial charge in [-0.15, -0.1) is 0 Å². The molecule has 0 aliphatic carbocycles. The van der Waals surface area contributed by atoms with Crippen molar-refractivity contribution in [2.45, 2.75) is 6.54 Å². The van der Waals surface area contributed by atoms with E-state index in [2.05, 4.69) is 5.32 Å². The number of hydrogen-bond donors (Lipinski definition) is 2. The van der Waals surface area contributed by atoms with Gasteiger partial charge in [-0.3, -0.25) is 14.9 Å². The Morgan fingerprint density at radius 2 is 1.96 bits per heavy atom. The molecule has 2 N–H and O–H groups in total. The fraction of sp³-hybridized carbons (Fsp3) is 0.235. The number of carbonyl (C=O) groups excluding carboxylic acids is 1. The third-order valence-electron chi connectivity index (χ3n) is 3.55. The summed E-state index contributed by atoms with van der Waals surface area (Å²) < 4.78 is 18.0. The van der Waals surface area contributed by atoms with Crippen LogP contribution in [0, 0.1) is 15.9 Å².